The molecule has 14 nitrogen and oxygen atoms in total. The zero-order valence-electron chi connectivity index (χ0n) is 36.5. The molecule has 0 radical (unpaired) electrons. The predicted octanol–water partition coefficient (Wildman–Crippen LogP) is 5.22. The standard InChI is InChI=1S/C45H68N4O10/c1-32(48(8)43(53)59-45(5,6)7)40(50)47-39(44(2,3)4)42(52)49-30-35(29-38(49)41(51)46-37-20-14-18-34-17-12-13-19-36(34)37)58-28-27-56-24-23-54-21-22-55-25-26-57-31-33-15-10-9-11-16-33/h9-13,15-17,19,32,35,37-39H,14,18,20-31H2,1-8H3,(H,46,51)(H,47,50)/t32-,35-,37+,38-,39+/m0/s1. The van der Waals surface area contributed by atoms with Crippen LogP contribution in [0.5, 0.6) is 0 Å². The molecule has 1 heterocycles. The monoisotopic (exact) mass is 824 g/mol. The number of benzene rings is 2. The summed E-state index contributed by atoms with van der Waals surface area (Å²) in [4.78, 5) is 57.8. The molecule has 0 aromatic heterocycles. The van der Waals surface area contributed by atoms with Gasteiger partial charge in [0.25, 0.3) is 0 Å². The highest BCUT2D eigenvalue weighted by molar-refractivity contribution is 5.94. The molecule has 1 aliphatic heterocycles. The molecule has 4 rings (SSSR count). The molecule has 0 spiro atoms. The molecule has 0 unspecified atom stereocenters. The second-order valence-corrected chi connectivity index (χ2v) is 17.3. The van der Waals surface area contributed by atoms with Crippen LogP contribution in [0, 0.1) is 5.41 Å². The minimum atomic E-state index is -1.00. The van der Waals surface area contributed by atoms with Gasteiger partial charge in [0, 0.05) is 20.0 Å². The predicted molar refractivity (Wildman–Crippen MR) is 224 cm³/mol. The van der Waals surface area contributed by atoms with Crippen molar-refractivity contribution in [3.05, 3.63) is 71.3 Å². The lowest BCUT2D eigenvalue weighted by molar-refractivity contribution is -0.144. The fourth-order valence-electron chi connectivity index (χ4n) is 7.03. The van der Waals surface area contributed by atoms with Crippen molar-refractivity contribution in [3.8, 4) is 0 Å². The molecule has 328 valence electrons. The van der Waals surface area contributed by atoms with Crippen molar-refractivity contribution in [1.29, 1.82) is 0 Å². The summed E-state index contributed by atoms with van der Waals surface area (Å²) >= 11 is 0. The van der Waals surface area contributed by atoms with Gasteiger partial charge in [0.2, 0.25) is 17.7 Å². The second kappa shape index (κ2) is 23.1. The van der Waals surface area contributed by atoms with Gasteiger partial charge in [-0.25, -0.2) is 4.79 Å². The van der Waals surface area contributed by atoms with E-state index in [9.17, 15) is 19.2 Å². The fourth-order valence-corrected chi connectivity index (χ4v) is 7.03. The summed E-state index contributed by atoms with van der Waals surface area (Å²) in [6.07, 6.45) is 1.89. The molecular formula is C45H68N4O10. The molecule has 1 fully saturated rings. The highest BCUT2D eigenvalue weighted by Gasteiger charge is 2.46. The van der Waals surface area contributed by atoms with Crippen LogP contribution in [0.3, 0.4) is 0 Å². The van der Waals surface area contributed by atoms with E-state index in [1.165, 1.54) is 17.5 Å². The van der Waals surface area contributed by atoms with Crippen molar-refractivity contribution in [2.45, 2.75) is 117 Å². The van der Waals surface area contributed by atoms with E-state index in [1.54, 1.807) is 32.6 Å². The normalized spacial score (nSPS) is 19.1. The van der Waals surface area contributed by atoms with E-state index >= 15 is 0 Å². The molecule has 0 saturated carbocycles. The van der Waals surface area contributed by atoms with Gasteiger partial charge in [-0.15, -0.1) is 0 Å². The van der Waals surface area contributed by atoms with Gasteiger partial charge in [-0.3, -0.25) is 19.3 Å². The zero-order chi connectivity index (χ0) is 43.0. The first-order valence-electron chi connectivity index (χ1n) is 21.0. The number of likely N-dealkylation sites (N-methyl/N-ethyl adjacent to an activating group) is 1. The third-order valence-electron chi connectivity index (χ3n) is 10.4. The lowest BCUT2D eigenvalue weighted by atomic mass is 9.85. The van der Waals surface area contributed by atoms with Gasteiger partial charge in [0.05, 0.1) is 71.6 Å². The number of aryl methyl sites for hydroxylation is 1. The fraction of sp³-hybridized carbons (Fsp3) is 0.644. The number of ether oxygens (including phenoxy) is 6. The van der Waals surface area contributed by atoms with Crippen LogP contribution in [0.25, 0.3) is 0 Å². The molecule has 2 aromatic rings. The van der Waals surface area contributed by atoms with E-state index in [1.807, 2.05) is 69.3 Å². The van der Waals surface area contributed by atoms with E-state index in [2.05, 4.69) is 16.7 Å². The minimum absolute atomic E-state index is 0.161. The van der Waals surface area contributed by atoms with Crippen LogP contribution in [0.1, 0.15) is 90.5 Å². The summed E-state index contributed by atoms with van der Waals surface area (Å²) in [5.74, 6) is -1.18. The number of nitrogens with one attached hydrogen (secondary N) is 2. The summed E-state index contributed by atoms with van der Waals surface area (Å²) in [6, 6.07) is 15.2. The van der Waals surface area contributed by atoms with Crippen LogP contribution >= 0.6 is 0 Å². The number of hydrogen-bond acceptors (Lipinski definition) is 10. The van der Waals surface area contributed by atoms with Gasteiger partial charge in [0.1, 0.15) is 23.7 Å². The van der Waals surface area contributed by atoms with E-state index in [0.29, 0.717) is 52.9 Å². The maximum Gasteiger partial charge on any atom is 0.410 e. The Morgan fingerprint density at radius 2 is 1.41 bits per heavy atom. The molecule has 14 heteroatoms. The van der Waals surface area contributed by atoms with Crippen molar-refractivity contribution in [2.24, 2.45) is 5.41 Å². The van der Waals surface area contributed by atoms with Gasteiger partial charge in [-0.2, -0.15) is 0 Å². The van der Waals surface area contributed by atoms with Crippen molar-refractivity contribution < 1.29 is 47.6 Å². The van der Waals surface area contributed by atoms with Crippen molar-refractivity contribution in [2.75, 3.05) is 66.4 Å². The molecular weight excluding hydrogens is 757 g/mol. The number of fused-ring (bicyclic) bond motifs is 1. The van der Waals surface area contributed by atoms with Crippen LogP contribution in [0.15, 0.2) is 54.6 Å². The Balaban J connectivity index is 1.29. The summed E-state index contributed by atoms with van der Waals surface area (Å²) in [5, 5.41) is 6.15. The Kier molecular flexibility index (Phi) is 18.6. The van der Waals surface area contributed by atoms with Crippen molar-refractivity contribution in [1.82, 2.24) is 20.4 Å². The number of rotatable bonds is 21. The maximum atomic E-state index is 14.6. The zero-order valence-corrected chi connectivity index (χ0v) is 36.5. The summed E-state index contributed by atoms with van der Waals surface area (Å²) in [7, 11) is 1.48. The van der Waals surface area contributed by atoms with Crippen LogP contribution in [0.2, 0.25) is 0 Å². The molecule has 5 atom stereocenters. The summed E-state index contributed by atoms with van der Waals surface area (Å²) < 4.78 is 34.2. The van der Waals surface area contributed by atoms with E-state index in [4.69, 9.17) is 28.4 Å². The maximum absolute atomic E-state index is 14.6. The topological polar surface area (TPSA) is 154 Å². The van der Waals surface area contributed by atoms with E-state index in [-0.39, 0.29) is 31.5 Å². The highest BCUT2D eigenvalue weighted by Crippen LogP contribution is 2.32. The largest absolute Gasteiger partial charge is 0.444 e. The van der Waals surface area contributed by atoms with Crippen LogP contribution in [-0.2, 0) is 55.8 Å². The van der Waals surface area contributed by atoms with Crippen LogP contribution < -0.4 is 10.6 Å². The van der Waals surface area contributed by atoms with Crippen LogP contribution in [-0.4, -0.2) is 130 Å². The molecule has 4 amide bonds. The minimum Gasteiger partial charge on any atom is -0.444 e. The van der Waals surface area contributed by atoms with Gasteiger partial charge < -0.3 is 44.0 Å². The first-order valence-corrected chi connectivity index (χ1v) is 21.0. The Morgan fingerprint density at radius 3 is 2.03 bits per heavy atom. The van der Waals surface area contributed by atoms with Gasteiger partial charge in [0.15, 0.2) is 0 Å². The first kappa shape index (κ1) is 47.6. The third-order valence-corrected chi connectivity index (χ3v) is 10.4. The molecule has 1 saturated heterocycles. The number of hydrogen-bond donors (Lipinski definition) is 2. The highest BCUT2D eigenvalue weighted by atomic mass is 16.6. The average molecular weight is 825 g/mol. The van der Waals surface area contributed by atoms with Crippen LogP contribution in [0.4, 0.5) is 4.79 Å². The van der Waals surface area contributed by atoms with Gasteiger partial charge in [-0.05, 0) is 69.1 Å². The molecule has 2 N–H and O–H groups in total. The lowest BCUT2D eigenvalue weighted by Crippen LogP contribution is -2.60. The number of amides is 4. The summed E-state index contributed by atoms with van der Waals surface area (Å²) in [6.45, 7) is 16.3. The number of carbonyl (C=O) groups excluding carboxylic acids is 4. The molecule has 0 bridgehead atoms. The third kappa shape index (κ3) is 15.5. The van der Waals surface area contributed by atoms with E-state index < -0.39 is 53.2 Å². The van der Waals surface area contributed by atoms with Crippen molar-refractivity contribution >= 4 is 23.8 Å². The average Bonchev–Trinajstić information content (AvgIpc) is 3.63. The Labute approximate surface area is 350 Å². The second-order valence-electron chi connectivity index (χ2n) is 17.3. The number of likely N-dealkylation sites (tertiary alicyclic amines) is 1. The Hall–Kier alpha value is -4.08. The van der Waals surface area contributed by atoms with Gasteiger partial charge >= 0.3 is 6.09 Å². The lowest BCUT2D eigenvalue weighted by Gasteiger charge is -2.37. The molecule has 2 aromatic carbocycles. The Bertz CT molecular complexity index is 1630. The summed E-state index contributed by atoms with van der Waals surface area (Å²) in [5.41, 5.74) is 1.95. The smallest absolute Gasteiger partial charge is 0.410 e. The van der Waals surface area contributed by atoms with Crippen molar-refractivity contribution in [3.63, 3.8) is 0 Å². The van der Waals surface area contributed by atoms with Gasteiger partial charge in [-0.1, -0.05) is 75.4 Å². The molecule has 2 aliphatic rings. The first-order chi connectivity index (χ1) is 28.0. The number of nitrogens with zero attached hydrogens (tertiary/aromatic N) is 2. The number of carbonyl (C=O) groups is 4. The van der Waals surface area contributed by atoms with E-state index in [0.717, 1.165) is 30.4 Å². The Morgan fingerprint density at radius 1 is 0.814 bits per heavy atom. The molecule has 1 aliphatic carbocycles. The molecule has 59 heavy (non-hydrogen) atoms. The quantitative estimate of drug-likeness (QED) is 0.160. The SMILES string of the molecule is C[C@@H](C(=O)N[C@H](C(=O)N1C[C@@H](OCCOCCOCCOCCOCc2ccccc2)C[C@H]1C(=O)N[C@@H]1CCCc2ccccc21)C(C)(C)C)N(C)C(=O)OC(C)(C)C.